The van der Waals surface area contributed by atoms with Gasteiger partial charge in [-0.15, -0.1) is 12.4 Å². The number of hydrogen-bond acceptors (Lipinski definition) is 5. The molecule has 0 spiro atoms. The van der Waals surface area contributed by atoms with Crippen molar-refractivity contribution in [3.8, 4) is 5.75 Å². The quantitative estimate of drug-likeness (QED) is 0.806. The van der Waals surface area contributed by atoms with Gasteiger partial charge in [0, 0.05) is 39.1 Å². The van der Waals surface area contributed by atoms with Crippen LogP contribution in [-0.4, -0.2) is 52.0 Å². The first-order valence-corrected chi connectivity index (χ1v) is 8.65. The predicted molar refractivity (Wildman–Crippen MR) is 102 cm³/mol. The van der Waals surface area contributed by atoms with Crippen molar-refractivity contribution in [2.75, 3.05) is 25.0 Å². The van der Waals surface area contributed by atoms with Crippen molar-refractivity contribution in [2.45, 2.75) is 19.1 Å². The Morgan fingerprint density at radius 2 is 2.19 bits per heavy atom. The van der Waals surface area contributed by atoms with Crippen molar-refractivity contribution in [1.82, 2.24) is 19.8 Å². The van der Waals surface area contributed by atoms with E-state index < -0.39 is 6.10 Å². The SMILES string of the molecule is CC1Oc2c(cccc2C(=O)N2CCNCC2c2nccn2C)NC1=O.Cl. The van der Waals surface area contributed by atoms with Gasteiger partial charge >= 0.3 is 0 Å². The molecule has 2 aliphatic rings. The minimum atomic E-state index is -0.634. The maximum absolute atomic E-state index is 13.3. The predicted octanol–water partition coefficient (Wildman–Crippen LogP) is 1.35. The highest BCUT2D eigenvalue weighted by Crippen LogP contribution is 2.35. The maximum atomic E-state index is 13.3. The highest BCUT2D eigenvalue weighted by molar-refractivity contribution is 6.04. The summed E-state index contributed by atoms with van der Waals surface area (Å²) in [5, 5.41) is 6.12. The van der Waals surface area contributed by atoms with Crippen LogP contribution >= 0.6 is 12.4 Å². The Morgan fingerprint density at radius 1 is 1.37 bits per heavy atom. The van der Waals surface area contributed by atoms with E-state index in [0.717, 1.165) is 12.4 Å². The lowest BCUT2D eigenvalue weighted by atomic mass is 10.1. The first-order chi connectivity index (χ1) is 12.6. The van der Waals surface area contributed by atoms with E-state index in [1.54, 1.807) is 31.3 Å². The van der Waals surface area contributed by atoms with Gasteiger partial charge in [0.2, 0.25) is 0 Å². The number of para-hydroxylation sites is 1. The zero-order chi connectivity index (χ0) is 18.3. The molecule has 3 heterocycles. The third kappa shape index (κ3) is 3.38. The van der Waals surface area contributed by atoms with Crippen LogP contribution in [0.25, 0.3) is 0 Å². The largest absolute Gasteiger partial charge is 0.478 e. The van der Waals surface area contributed by atoms with Gasteiger partial charge < -0.3 is 24.8 Å². The molecule has 2 N–H and O–H groups in total. The van der Waals surface area contributed by atoms with Crippen molar-refractivity contribution < 1.29 is 14.3 Å². The van der Waals surface area contributed by atoms with Crippen LogP contribution in [0.2, 0.25) is 0 Å². The number of piperazine rings is 1. The normalized spacial score (nSPS) is 21.6. The minimum absolute atomic E-state index is 0. The van der Waals surface area contributed by atoms with E-state index in [2.05, 4.69) is 15.6 Å². The molecule has 2 aromatic rings. The highest BCUT2D eigenvalue weighted by atomic mass is 35.5. The van der Waals surface area contributed by atoms with Crippen LogP contribution in [0.5, 0.6) is 5.75 Å². The molecule has 2 aliphatic heterocycles. The number of carbonyl (C=O) groups is 2. The summed E-state index contributed by atoms with van der Waals surface area (Å²) >= 11 is 0. The second-order valence-corrected chi connectivity index (χ2v) is 6.55. The molecule has 4 rings (SSSR count). The number of nitrogens with zero attached hydrogens (tertiary/aromatic N) is 3. The molecule has 0 radical (unpaired) electrons. The molecule has 144 valence electrons. The zero-order valence-corrected chi connectivity index (χ0v) is 16.0. The van der Waals surface area contributed by atoms with Gasteiger partial charge in [0.15, 0.2) is 11.9 Å². The summed E-state index contributed by atoms with van der Waals surface area (Å²) in [6.45, 7) is 3.60. The molecule has 1 aromatic heterocycles. The maximum Gasteiger partial charge on any atom is 0.265 e. The van der Waals surface area contributed by atoms with E-state index in [-0.39, 0.29) is 30.3 Å². The molecule has 1 aromatic carbocycles. The summed E-state index contributed by atoms with van der Waals surface area (Å²) in [4.78, 5) is 31.4. The third-order valence-electron chi connectivity index (χ3n) is 4.83. The standard InChI is InChI=1S/C18H21N5O3.ClH/c1-11-17(24)21-13-5-3-4-12(15(13)26-11)18(25)23-9-6-19-10-14(23)16-20-7-8-22(16)2;/h3-5,7-8,11,14,19H,6,9-10H2,1-2H3,(H,21,24);1H. The van der Waals surface area contributed by atoms with E-state index >= 15 is 0 Å². The number of nitrogens with one attached hydrogen (secondary N) is 2. The molecule has 8 nitrogen and oxygen atoms in total. The lowest BCUT2D eigenvalue weighted by Crippen LogP contribution is -2.49. The summed E-state index contributed by atoms with van der Waals surface area (Å²) in [5.74, 6) is 0.925. The van der Waals surface area contributed by atoms with Crippen LogP contribution in [0.15, 0.2) is 30.6 Å². The van der Waals surface area contributed by atoms with Crippen molar-refractivity contribution in [2.24, 2.45) is 7.05 Å². The van der Waals surface area contributed by atoms with Crippen LogP contribution < -0.4 is 15.4 Å². The van der Waals surface area contributed by atoms with Crippen molar-refractivity contribution >= 4 is 29.9 Å². The monoisotopic (exact) mass is 391 g/mol. The van der Waals surface area contributed by atoms with Crippen LogP contribution in [0, 0.1) is 0 Å². The van der Waals surface area contributed by atoms with Gasteiger partial charge in [0.05, 0.1) is 11.3 Å². The third-order valence-corrected chi connectivity index (χ3v) is 4.83. The molecule has 2 atom stereocenters. The Balaban J connectivity index is 0.00000210. The van der Waals surface area contributed by atoms with Gasteiger partial charge in [-0.3, -0.25) is 9.59 Å². The summed E-state index contributed by atoms with van der Waals surface area (Å²) < 4.78 is 7.67. The molecule has 2 amide bonds. The van der Waals surface area contributed by atoms with Gasteiger partial charge in [-0.2, -0.15) is 0 Å². The molecular formula is C18H22ClN5O3. The Kier molecular flexibility index (Phi) is 5.38. The molecule has 1 saturated heterocycles. The zero-order valence-electron chi connectivity index (χ0n) is 15.1. The van der Waals surface area contributed by atoms with E-state index in [1.807, 2.05) is 22.7 Å². The van der Waals surface area contributed by atoms with Gasteiger partial charge in [0.25, 0.3) is 11.8 Å². The number of aryl methyl sites for hydroxylation is 1. The molecule has 2 unspecified atom stereocenters. The first-order valence-electron chi connectivity index (χ1n) is 8.65. The fourth-order valence-corrected chi connectivity index (χ4v) is 3.43. The summed E-state index contributed by atoms with van der Waals surface area (Å²) in [6, 6.07) is 5.07. The van der Waals surface area contributed by atoms with Crippen LogP contribution in [0.4, 0.5) is 5.69 Å². The number of aromatic nitrogens is 2. The van der Waals surface area contributed by atoms with Gasteiger partial charge in [-0.25, -0.2) is 4.98 Å². The summed E-state index contributed by atoms with van der Waals surface area (Å²) in [6.07, 6.45) is 2.97. The number of halogens is 1. The number of amides is 2. The lowest BCUT2D eigenvalue weighted by molar-refractivity contribution is -0.122. The Hall–Kier alpha value is -2.58. The topological polar surface area (TPSA) is 88.5 Å². The molecule has 1 fully saturated rings. The number of rotatable bonds is 2. The fraction of sp³-hybridized carbons (Fsp3) is 0.389. The molecule has 9 heteroatoms. The van der Waals surface area contributed by atoms with E-state index in [9.17, 15) is 9.59 Å². The van der Waals surface area contributed by atoms with E-state index in [4.69, 9.17) is 4.74 Å². The highest BCUT2D eigenvalue weighted by Gasteiger charge is 2.34. The van der Waals surface area contributed by atoms with Crippen molar-refractivity contribution in [3.63, 3.8) is 0 Å². The number of anilines is 1. The second-order valence-electron chi connectivity index (χ2n) is 6.55. The molecular weight excluding hydrogens is 370 g/mol. The van der Waals surface area contributed by atoms with Crippen molar-refractivity contribution in [1.29, 1.82) is 0 Å². The van der Waals surface area contributed by atoms with Gasteiger partial charge in [-0.05, 0) is 19.1 Å². The van der Waals surface area contributed by atoms with Crippen LogP contribution in [0.3, 0.4) is 0 Å². The lowest BCUT2D eigenvalue weighted by Gasteiger charge is -2.36. The number of ether oxygens (including phenoxy) is 1. The summed E-state index contributed by atoms with van der Waals surface area (Å²) in [7, 11) is 1.92. The molecule has 0 bridgehead atoms. The Morgan fingerprint density at radius 3 is 2.93 bits per heavy atom. The fourth-order valence-electron chi connectivity index (χ4n) is 3.43. The van der Waals surface area contributed by atoms with Crippen LogP contribution in [-0.2, 0) is 11.8 Å². The molecule has 0 saturated carbocycles. The van der Waals surface area contributed by atoms with Gasteiger partial charge in [-0.1, -0.05) is 6.07 Å². The smallest absolute Gasteiger partial charge is 0.265 e. The summed E-state index contributed by atoms with van der Waals surface area (Å²) in [5.41, 5.74) is 0.984. The Labute approximate surface area is 163 Å². The molecule has 0 aliphatic carbocycles. The van der Waals surface area contributed by atoms with Crippen molar-refractivity contribution in [3.05, 3.63) is 42.0 Å². The average molecular weight is 392 g/mol. The minimum Gasteiger partial charge on any atom is -0.478 e. The number of benzene rings is 1. The number of carbonyl (C=O) groups excluding carboxylic acids is 2. The van der Waals surface area contributed by atoms with Gasteiger partial charge in [0.1, 0.15) is 11.9 Å². The van der Waals surface area contributed by atoms with Crippen LogP contribution in [0.1, 0.15) is 29.1 Å². The number of hydrogen-bond donors (Lipinski definition) is 2. The molecule has 27 heavy (non-hydrogen) atoms. The van der Waals surface area contributed by atoms with E-state index in [1.165, 1.54) is 0 Å². The number of imidazole rings is 1. The average Bonchev–Trinajstić information content (AvgIpc) is 3.07. The second kappa shape index (κ2) is 7.58. The number of fused-ring (bicyclic) bond motifs is 1. The Bertz CT molecular complexity index is 868. The van der Waals surface area contributed by atoms with E-state index in [0.29, 0.717) is 30.1 Å². The first kappa shape index (κ1) is 19.2.